The number of hydrogen-bond acceptors (Lipinski definition) is 7. The van der Waals surface area contributed by atoms with Gasteiger partial charge in [0.1, 0.15) is 10.7 Å². The predicted octanol–water partition coefficient (Wildman–Crippen LogP) is 3.69. The van der Waals surface area contributed by atoms with E-state index in [9.17, 15) is 18.0 Å². The first-order chi connectivity index (χ1) is 14.8. The van der Waals surface area contributed by atoms with Gasteiger partial charge in [0.25, 0.3) is 21.8 Å². The first-order valence-electron chi connectivity index (χ1n) is 8.91. The Hall–Kier alpha value is -3.21. The van der Waals surface area contributed by atoms with Crippen LogP contribution >= 0.6 is 22.9 Å². The fraction of sp³-hybridized carbons (Fsp3) is 0.0500. The fourth-order valence-electron chi connectivity index (χ4n) is 2.95. The molecule has 0 aliphatic carbocycles. The van der Waals surface area contributed by atoms with Gasteiger partial charge in [-0.15, -0.1) is 11.3 Å². The highest BCUT2D eigenvalue weighted by molar-refractivity contribution is 7.93. The molecule has 31 heavy (non-hydrogen) atoms. The number of thiazole rings is 1. The summed E-state index contributed by atoms with van der Waals surface area (Å²) in [5.74, 6) is -1.22. The van der Waals surface area contributed by atoms with Crippen LogP contribution in [-0.4, -0.2) is 25.2 Å². The van der Waals surface area contributed by atoms with Crippen LogP contribution in [0.1, 0.15) is 5.56 Å². The zero-order valence-electron chi connectivity index (χ0n) is 16.0. The molecule has 0 bridgehead atoms. The number of aromatic nitrogens is 1. The minimum absolute atomic E-state index is 0.0173. The molecule has 0 unspecified atom stereocenters. The van der Waals surface area contributed by atoms with Crippen LogP contribution in [0.5, 0.6) is 0 Å². The third kappa shape index (κ3) is 4.05. The number of hydrogen-bond donors (Lipinski definition) is 2. The Kier molecular flexibility index (Phi) is 5.52. The third-order valence-corrected chi connectivity index (χ3v) is 6.99. The highest BCUT2D eigenvalue weighted by Gasteiger charge is 2.39. The summed E-state index contributed by atoms with van der Waals surface area (Å²) in [6, 6.07) is 12.7. The van der Waals surface area contributed by atoms with E-state index in [1.807, 2.05) is 0 Å². The molecule has 2 N–H and O–H groups in total. The lowest BCUT2D eigenvalue weighted by atomic mass is 10.2. The van der Waals surface area contributed by atoms with Crippen LogP contribution in [0.3, 0.4) is 0 Å². The molecular weight excluding hydrogens is 460 g/mol. The lowest BCUT2D eigenvalue weighted by Crippen LogP contribution is -2.32. The van der Waals surface area contributed by atoms with Crippen LogP contribution in [-0.2, 0) is 19.6 Å². The largest absolute Gasteiger partial charge is 0.350 e. The summed E-state index contributed by atoms with van der Waals surface area (Å²) in [4.78, 5) is 30.4. The molecule has 11 heteroatoms. The number of aryl methyl sites for hydroxylation is 1. The van der Waals surface area contributed by atoms with Crippen molar-refractivity contribution < 1.29 is 18.0 Å². The van der Waals surface area contributed by atoms with Gasteiger partial charge in [-0.2, -0.15) is 0 Å². The van der Waals surface area contributed by atoms with E-state index >= 15 is 0 Å². The van der Waals surface area contributed by atoms with Crippen molar-refractivity contribution in [1.29, 1.82) is 0 Å². The summed E-state index contributed by atoms with van der Waals surface area (Å²) in [7, 11) is -3.80. The molecule has 0 fully saturated rings. The maximum Gasteiger partial charge on any atom is 0.283 e. The molecule has 4 rings (SSSR count). The second-order valence-electron chi connectivity index (χ2n) is 6.51. The van der Waals surface area contributed by atoms with Crippen LogP contribution in [0.15, 0.2) is 75.7 Å². The van der Waals surface area contributed by atoms with Crippen LogP contribution < -0.4 is 14.9 Å². The molecule has 0 radical (unpaired) electrons. The Morgan fingerprint density at radius 1 is 1.03 bits per heavy atom. The number of carbonyl (C=O) groups excluding carboxylic acids is 2. The maximum absolute atomic E-state index is 12.9. The molecule has 2 amide bonds. The Morgan fingerprint density at radius 2 is 1.74 bits per heavy atom. The zero-order valence-corrected chi connectivity index (χ0v) is 18.4. The van der Waals surface area contributed by atoms with E-state index < -0.39 is 21.8 Å². The van der Waals surface area contributed by atoms with E-state index in [0.29, 0.717) is 11.4 Å². The third-order valence-electron chi connectivity index (χ3n) is 4.47. The topological polar surface area (TPSA) is 108 Å². The number of halogens is 1. The van der Waals surface area contributed by atoms with E-state index in [2.05, 4.69) is 15.0 Å². The molecular formula is C20H15ClN4O4S2. The van der Waals surface area contributed by atoms with Crippen molar-refractivity contribution in [3.05, 3.63) is 76.4 Å². The van der Waals surface area contributed by atoms with E-state index in [1.54, 1.807) is 36.6 Å². The van der Waals surface area contributed by atoms with Gasteiger partial charge in [-0.3, -0.25) is 14.3 Å². The average Bonchev–Trinajstić information content (AvgIpc) is 3.31. The van der Waals surface area contributed by atoms with Crippen molar-refractivity contribution in [3.8, 4) is 0 Å². The van der Waals surface area contributed by atoms with Gasteiger partial charge in [-0.25, -0.2) is 18.3 Å². The van der Waals surface area contributed by atoms with Gasteiger partial charge < -0.3 is 5.32 Å². The molecule has 3 aromatic rings. The number of anilines is 3. The first kappa shape index (κ1) is 21.0. The Bertz CT molecular complexity index is 1300. The molecule has 2 aromatic carbocycles. The molecule has 0 saturated carbocycles. The van der Waals surface area contributed by atoms with Gasteiger partial charge in [0.2, 0.25) is 0 Å². The number of nitrogens with one attached hydrogen (secondary N) is 2. The SMILES string of the molecule is Cc1ccccc1N1C(=O)C(Cl)=C(Nc2ccc(S(=O)(=O)Nc3nccs3)cc2)C1=O. The summed E-state index contributed by atoms with van der Waals surface area (Å²) in [5, 5.41) is 4.49. The molecule has 1 aliphatic heterocycles. The average molecular weight is 475 g/mol. The molecule has 1 aliphatic rings. The number of nitrogens with zero attached hydrogens (tertiary/aromatic N) is 2. The number of amides is 2. The van der Waals surface area contributed by atoms with Crippen molar-refractivity contribution >= 4 is 61.3 Å². The van der Waals surface area contributed by atoms with Crippen LogP contribution in [0, 0.1) is 6.92 Å². The number of rotatable bonds is 6. The molecule has 0 atom stereocenters. The Morgan fingerprint density at radius 3 is 2.39 bits per heavy atom. The van der Waals surface area contributed by atoms with Crippen molar-refractivity contribution in [1.82, 2.24) is 4.98 Å². The molecule has 0 saturated heterocycles. The van der Waals surface area contributed by atoms with Gasteiger partial charge in [0, 0.05) is 17.3 Å². The lowest BCUT2D eigenvalue weighted by Gasteiger charge is -2.17. The van der Waals surface area contributed by atoms with Gasteiger partial charge in [-0.05, 0) is 42.8 Å². The molecule has 8 nitrogen and oxygen atoms in total. The lowest BCUT2D eigenvalue weighted by molar-refractivity contribution is -0.120. The first-order valence-corrected chi connectivity index (χ1v) is 11.7. The highest BCUT2D eigenvalue weighted by Crippen LogP contribution is 2.32. The monoisotopic (exact) mass is 474 g/mol. The molecule has 158 valence electrons. The minimum Gasteiger partial charge on any atom is -0.350 e. The van der Waals surface area contributed by atoms with Gasteiger partial charge >= 0.3 is 0 Å². The van der Waals surface area contributed by atoms with Crippen molar-refractivity contribution in [2.75, 3.05) is 14.9 Å². The van der Waals surface area contributed by atoms with Crippen molar-refractivity contribution in [2.45, 2.75) is 11.8 Å². The van der Waals surface area contributed by atoms with Crippen LogP contribution in [0.4, 0.5) is 16.5 Å². The van der Waals surface area contributed by atoms with Crippen molar-refractivity contribution in [2.24, 2.45) is 0 Å². The number of benzene rings is 2. The number of sulfonamides is 1. The quantitative estimate of drug-likeness (QED) is 0.527. The minimum atomic E-state index is -3.80. The predicted molar refractivity (Wildman–Crippen MR) is 120 cm³/mol. The fourth-order valence-corrected chi connectivity index (χ4v) is 4.96. The van der Waals surface area contributed by atoms with Gasteiger partial charge in [0.05, 0.1) is 10.6 Å². The summed E-state index contributed by atoms with van der Waals surface area (Å²) < 4.78 is 27.2. The van der Waals surface area contributed by atoms with E-state index in [4.69, 9.17) is 11.6 Å². The van der Waals surface area contributed by atoms with Gasteiger partial charge in [0.15, 0.2) is 5.13 Å². The number of imide groups is 1. The zero-order chi connectivity index (χ0) is 22.2. The van der Waals surface area contributed by atoms with E-state index in [-0.39, 0.29) is 20.8 Å². The van der Waals surface area contributed by atoms with E-state index in [1.165, 1.54) is 30.5 Å². The van der Waals surface area contributed by atoms with Crippen LogP contribution in [0.25, 0.3) is 0 Å². The second-order valence-corrected chi connectivity index (χ2v) is 9.47. The second kappa shape index (κ2) is 8.14. The van der Waals surface area contributed by atoms with Crippen molar-refractivity contribution in [3.63, 3.8) is 0 Å². The number of carbonyl (C=O) groups is 2. The summed E-state index contributed by atoms with van der Waals surface area (Å²) >= 11 is 7.31. The Labute approximate surface area is 187 Å². The Balaban J connectivity index is 1.55. The normalized spacial score (nSPS) is 14.3. The summed E-state index contributed by atoms with van der Waals surface area (Å²) in [6.07, 6.45) is 1.49. The highest BCUT2D eigenvalue weighted by atomic mass is 35.5. The molecule has 2 heterocycles. The maximum atomic E-state index is 12.9. The smallest absolute Gasteiger partial charge is 0.283 e. The standard InChI is InChI=1S/C20H15ClN4O4S2/c1-12-4-2-3-5-15(12)25-18(26)16(21)17(19(25)27)23-13-6-8-14(9-7-13)31(28,29)24-20-22-10-11-30-20/h2-11,23H,1H3,(H,22,24). The summed E-state index contributed by atoms with van der Waals surface area (Å²) in [6.45, 7) is 1.79. The van der Waals surface area contributed by atoms with Gasteiger partial charge in [-0.1, -0.05) is 29.8 Å². The summed E-state index contributed by atoms with van der Waals surface area (Å²) in [5.41, 5.74) is 1.51. The molecule has 0 spiro atoms. The van der Waals surface area contributed by atoms with Crippen LogP contribution in [0.2, 0.25) is 0 Å². The number of para-hydroxylation sites is 1. The molecule has 1 aromatic heterocycles. The van der Waals surface area contributed by atoms with E-state index in [0.717, 1.165) is 21.8 Å².